The van der Waals surface area contributed by atoms with E-state index >= 15 is 0 Å². The molecule has 0 bridgehead atoms. The number of carbonyl (C=O) groups is 2. The van der Waals surface area contributed by atoms with Crippen LogP contribution in [-0.4, -0.2) is 54.9 Å². The monoisotopic (exact) mass is 480 g/mol. The Morgan fingerprint density at radius 3 is 2.65 bits per heavy atom. The van der Waals surface area contributed by atoms with Crippen LogP contribution in [0.25, 0.3) is 0 Å². The summed E-state index contributed by atoms with van der Waals surface area (Å²) in [6, 6.07) is 2.81. The quantitative estimate of drug-likeness (QED) is 0.299. The lowest BCUT2D eigenvalue weighted by molar-refractivity contribution is -0.137. The van der Waals surface area contributed by atoms with Crippen molar-refractivity contribution in [3.05, 3.63) is 23.8 Å². The molecule has 2 amide bonds. The maximum Gasteiger partial charge on any atom is 0.416 e. The minimum atomic E-state index is -4.58. The Labute approximate surface area is 183 Å². The molecular weight excluding hydrogens is 461 g/mol. The van der Waals surface area contributed by atoms with Crippen molar-refractivity contribution in [3.63, 3.8) is 0 Å². The number of rotatable bonds is 10. The molecule has 2 aromatic rings. The van der Waals surface area contributed by atoms with Gasteiger partial charge >= 0.3 is 12.3 Å². The Balaban J connectivity index is 2.00. The maximum atomic E-state index is 13.0. The first-order chi connectivity index (χ1) is 14.7. The van der Waals surface area contributed by atoms with Crippen molar-refractivity contribution in [2.24, 2.45) is 0 Å². The van der Waals surface area contributed by atoms with Gasteiger partial charge < -0.3 is 19.5 Å². The first-order valence-corrected chi connectivity index (χ1v) is 10.6. The van der Waals surface area contributed by atoms with Crippen molar-refractivity contribution < 1.29 is 37.0 Å². The topological polar surface area (TPSA) is 112 Å². The first-order valence-electron chi connectivity index (χ1n) is 8.75. The molecule has 0 aliphatic rings. The predicted molar refractivity (Wildman–Crippen MR) is 109 cm³/mol. The van der Waals surface area contributed by atoms with E-state index in [1.54, 1.807) is 6.92 Å². The summed E-state index contributed by atoms with van der Waals surface area (Å²) in [6.07, 6.45) is -5.26. The van der Waals surface area contributed by atoms with Crippen LogP contribution in [0.4, 0.5) is 28.8 Å². The highest BCUT2D eigenvalue weighted by molar-refractivity contribution is 8.01. The summed E-state index contributed by atoms with van der Waals surface area (Å²) in [5.74, 6) is -0.641. The van der Waals surface area contributed by atoms with Crippen molar-refractivity contribution in [1.29, 1.82) is 0 Å². The molecule has 0 aliphatic carbocycles. The van der Waals surface area contributed by atoms with Crippen molar-refractivity contribution >= 4 is 45.9 Å². The van der Waals surface area contributed by atoms with Crippen LogP contribution in [0.3, 0.4) is 0 Å². The number of hydrogen-bond donors (Lipinski definition) is 2. The molecule has 1 aromatic heterocycles. The second-order valence-corrected chi connectivity index (χ2v) is 7.81. The fourth-order valence-electron chi connectivity index (χ4n) is 2.05. The van der Waals surface area contributed by atoms with Crippen LogP contribution >= 0.6 is 23.1 Å². The summed E-state index contributed by atoms with van der Waals surface area (Å²) in [6.45, 7) is 2.17. The van der Waals surface area contributed by atoms with Gasteiger partial charge in [-0.2, -0.15) is 13.2 Å². The molecule has 1 heterocycles. The Morgan fingerprint density at radius 2 is 1.97 bits per heavy atom. The molecule has 31 heavy (non-hydrogen) atoms. The van der Waals surface area contributed by atoms with Crippen LogP contribution in [0.1, 0.15) is 12.5 Å². The van der Waals surface area contributed by atoms with Gasteiger partial charge in [0.2, 0.25) is 11.0 Å². The number of nitrogens with zero attached hydrogens (tertiary/aromatic N) is 2. The average Bonchev–Trinajstić information content (AvgIpc) is 3.14. The fourth-order valence-corrected chi connectivity index (χ4v) is 3.59. The highest BCUT2D eigenvalue weighted by atomic mass is 32.2. The Kier molecular flexibility index (Phi) is 9.33. The third-order valence-electron chi connectivity index (χ3n) is 3.34. The number of thioether (sulfide) groups is 1. The molecule has 0 unspecified atom stereocenters. The van der Waals surface area contributed by atoms with Gasteiger partial charge in [-0.15, -0.1) is 10.2 Å². The maximum absolute atomic E-state index is 13.0. The Morgan fingerprint density at radius 1 is 1.19 bits per heavy atom. The van der Waals surface area contributed by atoms with E-state index in [0.717, 1.165) is 41.3 Å². The van der Waals surface area contributed by atoms with Crippen LogP contribution in [0.2, 0.25) is 0 Å². The zero-order chi connectivity index (χ0) is 22.9. The van der Waals surface area contributed by atoms with Crippen LogP contribution in [0, 0.1) is 0 Å². The summed E-state index contributed by atoms with van der Waals surface area (Å²) in [4.78, 5) is 23.6. The van der Waals surface area contributed by atoms with Crippen LogP contribution < -0.4 is 15.4 Å². The number of benzene rings is 1. The molecule has 0 saturated carbocycles. The summed E-state index contributed by atoms with van der Waals surface area (Å²) < 4.78 is 54.4. The molecule has 9 nitrogen and oxygen atoms in total. The molecule has 0 radical (unpaired) electrons. The number of halogens is 3. The molecule has 170 valence electrons. The van der Waals surface area contributed by atoms with Gasteiger partial charge in [-0.05, 0) is 25.1 Å². The van der Waals surface area contributed by atoms with Crippen LogP contribution in [0.5, 0.6) is 5.75 Å². The van der Waals surface area contributed by atoms with E-state index in [4.69, 9.17) is 14.2 Å². The third-order valence-corrected chi connectivity index (χ3v) is 5.32. The predicted octanol–water partition coefficient (Wildman–Crippen LogP) is 3.88. The number of nitrogens with one attached hydrogen (secondary N) is 2. The molecule has 14 heteroatoms. The van der Waals surface area contributed by atoms with Gasteiger partial charge in [0.1, 0.15) is 12.4 Å². The zero-order valence-electron chi connectivity index (χ0n) is 16.4. The number of aromatic nitrogens is 2. The van der Waals surface area contributed by atoms with E-state index in [-0.39, 0.29) is 42.1 Å². The van der Waals surface area contributed by atoms with E-state index < -0.39 is 23.7 Å². The standard InChI is InChI=1S/C17H19F3N4O5S2/c1-3-28-15(26)22-14-23-24-16(31-14)30-9-13(25)21-11-8-10(17(18,19)20)4-5-12(11)29-7-6-27-2/h4-5,8H,3,6-7,9H2,1-2H3,(H,21,25)(H,22,23,26). The number of hydrogen-bond acceptors (Lipinski definition) is 9. The van der Waals surface area contributed by atoms with Crippen LogP contribution in [-0.2, 0) is 20.4 Å². The van der Waals surface area contributed by atoms with E-state index in [9.17, 15) is 22.8 Å². The molecule has 1 aromatic carbocycles. The van der Waals surface area contributed by atoms with Crippen LogP contribution in [0.15, 0.2) is 22.5 Å². The number of carbonyl (C=O) groups excluding carboxylic acids is 2. The van der Waals surface area contributed by atoms with E-state index in [0.29, 0.717) is 4.34 Å². The van der Waals surface area contributed by atoms with Crippen molar-refractivity contribution in [2.45, 2.75) is 17.4 Å². The van der Waals surface area contributed by atoms with E-state index in [2.05, 4.69) is 20.8 Å². The highest BCUT2D eigenvalue weighted by Gasteiger charge is 2.31. The molecule has 0 atom stereocenters. The molecule has 2 N–H and O–H groups in total. The number of anilines is 2. The highest BCUT2D eigenvalue weighted by Crippen LogP contribution is 2.35. The molecule has 0 spiro atoms. The number of methoxy groups -OCH3 is 1. The first kappa shape index (κ1) is 24.7. The summed E-state index contributed by atoms with van der Waals surface area (Å²) >= 11 is 2.02. The number of alkyl halides is 3. The largest absolute Gasteiger partial charge is 0.489 e. The van der Waals surface area contributed by atoms with Crippen molar-refractivity contribution in [1.82, 2.24) is 10.2 Å². The number of amides is 2. The second-order valence-electron chi connectivity index (χ2n) is 5.61. The zero-order valence-corrected chi connectivity index (χ0v) is 18.1. The normalized spacial score (nSPS) is 11.1. The van der Waals surface area contributed by atoms with E-state index in [1.807, 2.05) is 0 Å². The lowest BCUT2D eigenvalue weighted by Gasteiger charge is -2.15. The lowest BCUT2D eigenvalue weighted by atomic mass is 10.1. The van der Waals surface area contributed by atoms with Gasteiger partial charge in [0.25, 0.3) is 0 Å². The van der Waals surface area contributed by atoms with Gasteiger partial charge in [-0.25, -0.2) is 4.79 Å². The molecular formula is C17H19F3N4O5S2. The van der Waals surface area contributed by atoms with E-state index in [1.165, 1.54) is 7.11 Å². The minimum Gasteiger partial charge on any atom is -0.489 e. The Bertz CT molecular complexity index is 895. The van der Waals surface area contributed by atoms with Gasteiger partial charge in [-0.1, -0.05) is 23.1 Å². The smallest absolute Gasteiger partial charge is 0.416 e. The Hall–Kier alpha value is -2.58. The lowest BCUT2D eigenvalue weighted by Crippen LogP contribution is -2.16. The fraction of sp³-hybridized carbons (Fsp3) is 0.412. The minimum absolute atomic E-state index is 0.0836. The van der Waals surface area contributed by atoms with Gasteiger partial charge in [0.05, 0.1) is 30.2 Å². The third kappa shape index (κ3) is 8.22. The average molecular weight is 480 g/mol. The second kappa shape index (κ2) is 11.7. The van der Waals surface area contributed by atoms with Gasteiger partial charge in [-0.3, -0.25) is 10.1 Å². The SMILES string of the molecule is CCOC(=O)Nc1nnc(SCC(=O)Nc2cc(C(F)(F)F)ccc2OCCOC)s1. The molecule has 0 saturated heterocycles. The van der Waals surface area contributed by atoms with Gasteiger partial charge in [0.15, 0.2) is 4.34 Å². The number of ether oxygens (including phenoxy) is 3. The molecule has 0 fully saturated rings. The van der Waals surface area contributed by atoms with Crippen molar-refractivity contribution in [3.8, 4) is 5.75 Å². The molecule has 2 rings (SSSR count). The van der Waals surface area contributed by atoms with Gasteiger partial charge in [0, 0.05) is 7.11 Å². The molecule has 0 aliphatic heterocycles. The summed E-state index contributed by atoms with van der Waals surface area (Å²) in [5, 5.41) is 12.5. The van der Waals surface area contributed by atoms with Crippen molar-refractivity contribution in [2.75, 3.05) is 43.3 Å². The summed E-state index contributed by atoms with van der Waals surface area (Å²) in [7, 11) is 1.46. The summed E-state index contributed by atoms with van der Waals surface area (Å²) in [5.41, 5.74) is -1.04.